The number of phenols is 2. The summed E-state index contributed by atoms with van der Waals surface area (Å²) < 4.78 is 5.72. The average molecular weight is 423 g/mol. The first kappa shape index (κ1) is 26.1. The van der Waals surface area contributed by atoms with E-state index in [1.54, 1.807) is 0 Å². The first-order valence-electron chi connectivity index (χ1n) is 11.9. The molecule has 1 atom stereocenters. The standard InChI is InChI=1S/C25H42O5/c1-2-3-4-5-6-7-8-9-10-11-12-13-14-15-16-21(20-25(28)29)30-22-17-18-23(26)24(27)19-22/h17-19,21,26-27H,2-16,20H2,1H3,(H,28,29). The van der Waals surface area contributed by atoms with Gasteiger partial charge in [0.25, 0.3) is 0 Å². The smallest absolute Gasteiger partial charge is 0.307 e. The van der Waals surface area contributed by atoms with Crippen LogP contribution in [0.4, 0.5) is 0 Å². The highest BCUT2D eigenvalue weighted by atomic mass is 16.5. The largest absolute Gasteiger partial charge is 0.504 e. The number of rotatable bonds is 19. The van der Waals surface area contributed by atoms with Crippen LogP contribution in [0.2, 0.25) is 0 Å². The SMILES string of the molecule is CCCCCCCCCCCCCCCCC(CC(=O)O)Oc1ccc(O)c(O)c1. The molecule has 0 aliphatic rings. The Balaban J connectivity index is 2.07. The number of phenolic OH excluding ortho intramolecular Hbond substituents is 2. The summed E-state index contributed by atoms with van der Waals surface area (Å²) in [5.41, 5.74) is 0. The molecule has 30 heavy (non-hydrogen) atoms. The predicted molar refractivity (Wildman–Crippen MR) is 121 cm³/mol. The molecule has 0 radical (unpaired) electrons. The summed E-state index contributed by atoms with van der Waals surface area (Å²) in [7, 11) is 0. The van der Waals surface area contributed by atoms with Crippen LogP contribution >= 0.6 is 0 Å². The number of benzene rings is 1. The molecule has 1 rings (SSSR count). The molecule has 0 saturated heterocycles. The molecule has 0 aliphatic heterocycles. The fraction of sp³-hybridized carbons (Fsp3) is 0.720. The Bertz CT molecular complexity index is 573. The van der Waals surface area contributed by atoms with Crippen LogP contribution in [0.25, 0.3) is 0 Å². The molecule has 172 valence electrons. The van der Waals surface area contributed by atoms with Gasteiger partial charge >= 0.3 is 5.97 Å². The lowest BCUT2D eigenvalue weighted by Gasteiger charge is -2.18. The molecule has 0 fully saturated rings. The van der Waals surface area contributed by atoms with Crippen LogP contribution in [-0.4, -0.2) is 27.4 Å². The Morgan fingerprint density at radius 1 is 0.800 bits per heavy atom. The van der Waals surface area contributed by atoms with Crippen molar-refractivity contribution in [2.45, 2.75) is 116 Å². The van der Waals surface area contributed by atoms with E-state index in [0.29, 0.717) is 12.2 Å². The van der Waals surface area contributed by atoms with Crippen LogP contribution in [0.1, 0.15) is 110 Å². The van der Waals surface area contributed by atoms with Gasteiger partial charge in [-0.25, -0.2) is 0 Å². The molecule has 1 aromatic carbocycles. The molecule has 0 saturated carbocycles. The van der Waals surface area contributed by atoms with Crippen LogP contribution in [0, 0.1) is 0 Å². The lowest BCUT2D eigenvalue weighted by Crippen LogP contribution is -2.20. The van der Waals surface area contributed by atoms with Crippen molar-refractivity contribution in [3.63, 3.8) is 0 Å². The highest BCUT2D eigenvalue weighted by molar-refractivity contribution is 5.67. The summed E-state index contributed by atoms with van der Waals surface area (Å²) >= 11 is 0. The molecular formula is C25H42O5. The summed E-state index contributed by atoms with van der Waals surface area (Å²) in [4.78, 5) is 11.1. The molecule has 5 nitrogen and oxygen atoms in total. The second kappa shape index (κ2) is 16.8. The zero-order chi connectivity index (χ0) is 22.0. The molecule has 0 heterocycles. The number of unbranched alkanes of at least 4 members (excludes halogenated alkanes) is 13. The quantitative estimate of drug-likeness (QED) is 0.162. The maximum absolute atomic E-state index is 11.1. The highest BCUT2D eigenvalue weighted by Gasteiger charge is 2.15. The number of hydrogen-bond donors (Lipinski definition) is 3. The monoisotopic (exact) mass is 422 g/mol. The summed E-state index contributed by atoms with van der Waals surface area (Å²) in [5.74, 6) is -1.00. The molecule has 1 aromatic rings. The Kier molecular flexibility index (Phi) is 14.7. The van der Waals surface area contributed by atoms with Gasteiger partial charge in [-0.3, -0.25) is 4.79 Å². The van der Waals surface area contributed by atoms with Crippen molar-refractivity contribution in [3.8, 4) is 17.2 Å². The number of aliphatic carboxylic acids is 1. The second-order valence-corrected chi connectivity index (χ2v) is 8.37. The van der Waals surface area contributed by atoms with Crippen LogP contribution in [0.15, 0.2) is 18.2 Å². The summed E-state index contributed by atoms with van der Waals surface area (Å²) in [6.07, 6.45) is 18.2. The van der Waals surface area contributed by atoms with E-state index in [-0.39, 0.29) is 17.9 Å². The molecule has 0 bridgehead atoms. The Morgan fingerprint density at radius 3 is 1.77 bits per heavy atom. The zero-order valence-corrected chi connectivity index (χ0v) is 18.8. The molecule has 5 heteroatoms. The minimum absolute atomic E-state index is 0.0694. The third-order valence-corrected chi connectivity index (χ3v) is 5.53. The molecule has 3 N–H and O–H groups in total. The van der Waals surface area contributed by atoms with E-state index in [9.17, 15) is 15.0 Å². The van der Waals surface area contributed by atoms with Gasteiger partial charge in [0.2, 0.25) is 0 Å². The van der Waals surface area contributed by atoms with Gasteiger partial charge in [-0.15, -0.1) is 0 Å². The first-order chi connectivity index (χ1) is 14.5. The normalized spacial score (nSPS) is 12.0. The van der Waals surface area contributed by atoms with Crippen molar-refractivity contribution in [3.05, 3.63) is 18.2 Å². The third-order valence-electron chi connectivity index (χ3n) is 5.53. The van der Waals surface area contributed by atoms with Crippen molar-refractivity contribution in [2.75, 3.05) is 0 Å². The van der Waals surface area contributed by atoms with Gasteiger partial charge in [-0.2, -0.15) is 0 Å². The molecule has 0 amide bonds. The minimum Gasteiger partial charge on any atom is -0.504 e. The molecule has 0 aromatic heterocycles. The van der Waals surface area contributed by atoms with E-state index in [4.69, 9.17) is 9.84 Å². The third kappa shape index (κ3) is 13.3. The lowest BCUT2D eigenvalue weighted by molar-refractivity contribution is -0.138. The van der Waals surface area contributed by atoms with Gasteiger partial charge in [0, 0.05) is 6.07 Å². The van der Waals surface area contributed by atoms with Crippen LogP contribution in [0.3, 0.4) is 0 Å². The van der Waals surface area contributed by atoms with Gasteiger partial charge < -0.3 is 20.1 Å². The number of aromatic hydroxyl groups is 2. The van der Waals surface area contributed by atoms with Crippen molar-refractivity contribution < 1.29 is 24.9 Å². The fourth-order valence-corrected chi connectivity index (χ4v) is 3.73. The van der Waals surface area contributed by atoms with Crippen LogP contribution in [0.5, 0.6) is 17.2 Å². The van der Waals surface area contributed by atoms with Crippen LogP contribution < -0.4 is 4.74 Å². The maximum atomic E-state index is 11.1. The summed E-state index contributed by atoms with van der Waals surface area (Å²) in [5, 5.41) is 28.0. The van der Waals surface area contributed by atoms with Gasteiger partial charge in [0.1, 0.15) is 11.9 Å². The number of hydrogen-bond acceptors (Lipinski definition) is 4. The number of carbonyl (C=O) groups is 1. The van der Waals surface area contributed by atoms with Gasteiger partial charge in [-0.05, 0) is 25.0 Å². The number of ether oxygens (including phenoxy) is 1. The van der Waals surface area contributed by atoms with E-state index < -0.39 is 12.1 Å². The van der Waals surface area contributed by atoms with Gasteiger partial charge in [0.15, 0.2) is 11.5 Å². The zero-order valence-electron chi connectivity index (χ0n) is 18.8. The average Bonchev–Trinajstić information content (AvgIpc) is 2.70. The van der Waals surface area contributed by atoms with Gasteiger partial charge in [-0.1, -0.05) is 90.4 Å². The Labute approximate surface area is 182 Å². The maximum Gasteiger partial charge on any atom is 0.307 e. The first-order valence-corrected chi connectivity index (χ1v) is 11.9. The van der Waals surface area contributed by atoms with E-state index >= 15 is 0 Å². The topological polar surface area (TPSA) is 87.0 Å². The molecule has 0 aliphatic carbocycles. The predicted octanol–water partition coefficient (Wildman–Crippen LogP) is 7.19. The Morgan fingerprint density at radius 2 is 1.30 bits per heavy atom. The van der Waals surface area contributed by atoms with Gasteiger partial charge in [0.05, 0.1) is 6.42 Å². The highest BCUT2D eigenvalue weighted by Crippen LogP contribution is 2.30. The molecular weight excluding hydrogens is 380 g/mol. The van der Waals surface area contributed by atoms with E-state index in [1.807, 2.05) is 0 Å². The number of carboxylic acids is 1. The summed E-state index contributed by atoms with van der Waals surface area (Å²) in [6.45, 7) is 2.26. The van der Waals surface area contributed by atoms with Crippen molar-refractivity contribution in [1.29, 1.82) is 0 Å². The van der Waals surface area contributed by atoms with Crippen molar-refractivity contribution >= 4 is 5.97 Å². The van der Waals surface area contributed by atoms with Crippen LogP contribution in [-0.2, 0) is 4.79 Å². The van der Waals surface area contributed by atoms with Crippen molar-refractivity contribution in [1.82, 2.24) is 0 Å². The van der Waals surface area contributed by atoms with E-state index in [2.05, 4.69) is 6.92 Å². The fourth-order valence-electron chi connectivity index (χ4n) is 3.73. The Hall–Kier alpha value is -1.91. The number of carboxylic acid groups (broad SMARTS) is 1. The van der Waals surface area contributed by atoms with E-state index in [1.165, 1.54) is 95.2 Å². The van der Waals surface area contributed by atoms with Crippen molar-refractivity contribution in [2.24, 2.45) is 0 Å². The van der Waals surface area contributed by atoms with E-state index in [0.717, 1.165) is 12.8 Å². The second-order valence-electron chi connectivity index (χ2n) is 8.37. The molecule has 1 unspecified atom stereocenters. The lowest BCUT2D eigenvalue weighted by atomic mass is 10.0. The minimum atomic E-state index is -0.895. The summed E-state index contributed by atoms with van der Waals surface area (Å²) in [6, 6.07) is 4.19. The molecule has 0 spiro atoms.